The quantitative estimate of drug-likeness (QED) is 0.814. The summed E-state index contributed by atoms with van der Waals surface area (Å²) in [5.41, 5.74) is 2.19. The molecule has 1 aromatic carbocycles. The van der Waals surface area contributed by atoms with Crippen LogP contribution in [0.4, 0.5) is 4.39 Å². The third-order valence-corrected chi connectivity index (χ3v) is 4.18. The van der Waals surface area contributed by atoms with Crippen molar-refractivity contribution in [1.29, 1.82) is 0 Å². The molecule has 5 nitrogen and oxygen atoms in total. The Kier molecular flexibility index (Phi) is 5.48. The fourth-order valence-electron chi connectivity index (χ4n) is 3.00. The average Bonchev–Trinajstić information content (AvgIpc) is 2.85. The summed E-state index contributed by atoms with van der Waals surface area (Å²) >= 11 is 0. The molecule has 1 aromatic heterocycles. The van der Waals surface area contributed by atoms with Gasteiger partial charge in [0.15, 0.2) is 0 Å². The lowest BCUT2D eigenvalue weighted by atomic mass is 10.2. The SMILES string of the molecule is Cc1cc(C)n(C[C@@H]2CN(CCOc3cccc(F)c3)CCO2)n1. The van der Waals surface area contributed by atoms with Gasteiger partial charge in [-0.1, -0.05) is 6.07 Å². The molecule has 6 heteroatoms. The van der Waals surface area contributed by atoms with Crippen LogP contribution < -0.4 is 4.74 Å². The van der Waals surface area contributed by atoms with Gasteiger partial charge < -0.3 is 9.47 Å². The van der Waals surface area contributed by atoms with Gasteiger partial charge in [-0.15, -0.1) is 0 Å². The van der Waals surface area contributed by atoms with Gasteiger partial charge in [0.25, 0.3) is 0 Å². The fraction of sp³-hybridized carbons (Fsp3) is 0.500. The molecule has 0 radical (unpaired) electrons. The van der Waals surface area contributed by atoms with Gasteiger partial charge in [-0.3, -0.25) is 9.58 Å². The Morgan fingerprint density at radius 2 is 2.21 bits per heavy atom. The van der Waals surface area contributed by atoms with E-state index in [4.69, 9.17) is 9.47 Å². The molecule has 0 bridgehead atoms. The first kappa shape index (κ1) is 16.9. The van der Waals surface area contributed by atoms with Crippen molar-refractivity contribution < 1.29 is 13.9 Å². The second-order valence-corrected chi connectivity index (χ2v) is 6.21. The molecule has 130 valence electrons. The number of aromatic nitrogens is 2. The maximum absolute atomic E-state index is 13.1. The summed E-state index contributed by atoms with van der Waals surface area (Å²) < 4.78 is 26.6. The minimum atomic E-state index is -0.274. The molecular formula is C18H24FN3O2. The van der Waals surface area contributed by atoms with Crippen LogP contribution in [0.25, 0.3) is 0 Å². The van der Waals surface area contributed by atoms with Crippen LogP contribution in [0.1, 0.15) is 11.4 Å². The number of hydrogen-bond acceptors (Lipinski definition) is 4. The van der Waals surface area contributed by atoms with Crippen LogP contribution in [0, 0.1) is 19.7 Å². The van der Waals surface area contributed by atoms with Crippen molar-refractivity contribution in [3.63, 3.8) is 0 Å². The third-order valence-electron chi connectivity index (χ3n) is 4.18. The molecule has 0 N–H and O–H groups in total. The van der Waals surface area contributed by atoms with E-state index in [9.17, 15) is 4.39 Å². The molecule has 1 aliphatic rings. The van der Waals surface area contributed by atoms with Crippen molar-refractivity contribution in [1.82, 2.24) is 14.7 Å². The topological polar surface area (TPSA) is 39.5 Å². The third kappa shape index (κ3) is 4.55. The summed E-state index contributed by atoms with van der Waals surface area (Å²) in [5, 5.41) is 4.50. The zero-order chi connectivity index (χ0) is 16.9. The standard InChI is InChI=1S/C18H24FN3O2/c1-14-10-15(2)22(20-14)13-18-12-21(7-9-24-18)6-8-23-17-5-3-4-16(19)11-17/h3-5,10-11,18H,6-9,12-13H2,1-2H3/t18-/m0/s1. The zero-order valence-electron chi connectivity index (χ0n) is 14.2. The van der Waals surface area contributed by atoms with Gasteiger partial charge in [0.1, 0.15) is 18.2 Å². The Morgan fingerprint density at radius 3 is 2.96 bits per heavy atom. The van der Waals surface area contributed by atoms with E-state index in [1.165, 1.54) is 12.1 Å². The summed E-state index contributed by atoms with van der Waals surface area (Å²) in [6, 6.07) is 8.33. The average molecular weight is 333 g/mol. The van der Waals surface area contributed by atoms with E-state index >= 15 is 0 Å². The molecule has 24 heavy (non-hydrogen) atoms. The van der Waals surface area contributed by atoms with Crippen molar-refractivity contribution in [2.45, 2.75) is 26.5 Å². The number of ether oxygens (including phenoxy) is 2. The number of rotatable bonds is 6. The molecule has 1 aliphatic heterocycles. The predicted molar refractivity (Wildman–Crippen MR) is 89.8 cm³/mol. The van der Waals surface area contributed by atoms with Crippen LogP contribution in [0.2, 0.25) is 0 Å². The van der Waals surface area contributed by atoms with E-state index in [1.807, 2.05) is 11.6 Å². The molecule has 2 aromatic rings. The van der Waals surface area contributed by atoms with Gasteiger partial charge in [-0.05, 0) is 32.0 Å². The molecule has 2 heterocycles. The van der Waals surface area contributed by atoms with E-state index in [2.05, 4.69) is 23.0 Å². The minimum absolute atomic E-state index is 0.130. The number of hydrogen-bond donors (Lipinski definition) is 0. The minimum Gasteiger partial charge on any atom is -0.492 e. The lowest BCUT2D eigenvalue weighted by Gasteiger charge is -2.32. The number of aryl methyl sites for hydroxylation is 2. The van der Waals surface area contributed by atoms with Crippen LogP contribution in [0.3, 0.4) is 0 Å². The first-order valence-corrected chi connectivity index (χ1v) is 8.33. The molecule has 3 rings (SSSR count). The molecule has 0 spiro atoms. The number of morpholine rings is 1. The highest BCUT2D eigenvalue weighted by molar-refractivity contribution is 5.22. The van der Waals surface area contributed by atoms with Gasteiger partial charge in [-0.2, -0.15) is 5.10 Å². The second kappa shape index (κ2) is 7.77. The molecule has 1 atom stereocenters. The van der Waals surface area contributed by atoms with Crippen LogP contribution in [-0.2, 0) is 11.3 Å². The molecular weight excluding hydrogens is 309 g/mol. The van der Waals surface area contributed by atoms with Crippen molar-refractivity contribution in [2.24, 2.45) is 0 Å². The Morgan fingerprint density at radius 1 is 1.33 bits per heavy atom. The predicted octanol–water partition coefficient (Wildman–Crippen LogP) is 2.42. The second-order valence-electron chi connectivity index (χ2n) is 6.21. The fourth-order valence-corrected chi connectivity index (χ4v) is 3.00. The number of benzene rings is 1. The normalized spacial score (nSPS) is 18.7. The van der Waals surface area contributed by atoms with Gasteiger partial charge >= 0.3 is 0 Å². The van der Waals surface area contributed by atoms with Crippen LogP contribution >= 0.6 is 0 Å². The summed E-state index contributed by atoms with van der Waals surface area (Å²) in [4.78, 5) is 2.32. The highest BCUT2D eigenvalue weighted by atomic mass is 19.1. The smallest absolute Gasteiger partial charge is 0.126 e. The first-order chi connectivity index (χ1) is 11.6. The van der Waals surface area contributed by atoms with Crippen LogP contribution in [0.5, 0.6) is 5.75 Å². The Hall–Kier alpha value is -1.92. The van der Waals surface area contributed by atoms with Gasteiger partial charge in [-0.25, -0.2) is 4.39 Å². The maximum Gasteiger partial charge on any atom is 0.126 e. The monoisotopic (exact) mass is 333 g/mol. The van der Waals surface area contributed by atoms with Crippen LogP contribution in [0.15, 0.2) is 30.3 Å². The van der Waals surface area contributed by atoms with Gasteiger partial charge in [0.05, 0.1) is 24.9 Å². The van der Waals surface area contributed by atoms with Crippen LogP contribution in [-0.4, -0.2) is 53.6 Å². The maximum atomic E-state index is 13.1. The summed E-state index contributed by atoms with van der Waals surface area (Å²) in [6.07, 6.45) is 0.130. The first-order valence-electron chi connectivity index (χ1n) is 8.33. The Bertz CT molecular complexity index is 674. The van der Waals surface area contributed by atoms with Gasteiger partial charge in [0.2, 0.25) is 0 Å². The van der Waals surface area contributed by atoms with E-state index in [1.54, 1.807) is 12.1 Å². The lowest BCUT2D eigenvalue weighted by Crippen LogP contribution is -2.45. The van der Waals surface area contributed by atoms with Gasteiger partial charge in [0, 0.05) is 31.4 Å². The summed E-state index contributed by atoms with van der Waals surface area (Å²) in [5.74, 6) is 0.297. The van der Waals surface area contributed by atoms with Crippen molar-refractivity contribution in [3.8, 4) is 5.75 Å². The lowest BCUT2D eigenvalue weighted by molar-refractivity contribution is -0.0403. The highest BCUT2D eigenvalue weighted by Gasteiger charge is 2.21. The Labute approximate surface area is 142 Å². The molecule has 0 aliphatic carbocycles. The largest absolute Gasteiger partial charge is 0.492 e. The van der Waals surface area contributed by atoms with E-state index in [0.29, 0.717) is 19.0 Å². The molecule has 0 unspecified atom stereocenters. The molecule has 1 fully saturated rings. The van der Waals surface area contributed by atoms with E-state index < -0.39 is 0 Å². The van der Waals surface area contributed by atoms with Crippen molar-refractivity contribution >= 4 is 0 Å². The Balaban J connectivity index is 1.46. The molecule has 0 amide bonds. The van der Waals surface area contributed by atoms with Crippen molar-refractivity contribution in [2.75, 3.05) is 32.8 Å². The van der Waals surface area contributed by atoms with Crippen molar-refractivity contribution in [3.05, 3.63) is 47.5 Å². The van der Waals surface area contributed by atoms with E-state index in [-0.39, 0.29) is 11.9 Å². The number of halogens is 1. The summed E-state index contributed by atoms with van der Waals surface area (Å²) in [6.45, 7) is 8.62. The zero-order valence-corrected chi connectivity index (χ0v) is 14.2. The summed E-state index contributed by atoms with van der Waals surface area (Å²) in [7, 11) is 0. The molecule has 1 saturated heterocycles. The van der Waals surface area contributed by atoms with E-state index in [0.717, 1.165) is 37.6 Å². The molecule has 0 saturated carbocycles. The number of nitrogens with zero attached hydrogens (tertiary/aromatic N) is 3. The highest BCUT2D eigenvalue weighted by Crippen LogP contribution is 2.13.